The first-order valence-electron chi connectivity index (χ1n) is 7.90. The van der Waals surface area contributed by atoms with Gasteiger partial charge >= 0.3 is 0 Å². The Kier molecular flexibility index (Phi) is 3.60. The van der Waals surface area contributed by atoms with Gasteiger partial charge in [-0.25, -0.2) is 0 Å². The maximum atomic E-state index is 10.3. The number of ether oxygens (including phenoxy) is 1. The molecule has 2 atom stereocenters. The predicted octanol–water partition coefficient (Wildman–Crippen LogP) is 4.91. The molecule has 0 fully saturated rings. The quantitative estimate of drug-likeness (QED) is 0.728. The average molecular weight is 302 g/mol. The third-order valence-corrected chi connectivity index (χ3v) is 4.37. The van der Waals surface area contributed by atoms with Crippen LogP contribution in [0.2, 0.25) is 0 Å². The van der Waals surface area contributed by atoms with Crippen LogP contribution in [0.4, 0.5) is 0 Å². The highest BCUT2D eigenvalue weighted by molar-refractivity contribution is 5.63. The van der Waals surface area contributed by atoms with Gasteiger partial charge in [0.25, 0.3) is 0 Å². The second-order valence-electron chi connectivity index (χ2n) is 5.88. The van der Waals surface area contributed by atoms with Crippen molar-refractivity contribution >= 4 is 0 Å². The molecule has 0 aliphatic carbocycles. The van der Waals surface area contributed by atoms with E-state index in [1.165, 1.54) is 11.1 Å². The lowest BCUT2D eigenvalue weighted by atomic mass is 9.94. The summed E-state index contributed by atoms with van der Waals surface area (Å²) in [7, 11) is 0. The van der Waals surface area contributed by atoms with Gasteiger partial charge in [-0.1, -0.05) is 72.8 Å². The Hall–Kier alpha value is -2.58. The molecular weight excluding hydrogens is 284 g/mol. The van der Waals surface area contributed by atoms with Crippen LogP contribution in [0.1, 0.15) is 29.8 Å². The molecule has 0 bridgehead atoms. The first-order chi connectivity index (χ1) is 11.3. The maximum absolute atomic E-state index is 10.3. The van der Waals surface area contributed by atoms with Crippen LogP contribution in [0.3, 0.4) is 0 Å². The molecule has 2 heteroatoms. The highest BCUT2D eigenvalue weighted by atomic mass is 16.5. The number of benzene rings is 3. The van der Waals surface area contributed by atoms with Gasteiger partial charge in [0.1, 0.15) is 11.9 Å². The highest BCUT2D eigenvalue weighted by Gasteiger charge is 2.27. The van der Waals surface area contributed by atoms with Crippen molar-refractivity contribution in [3.8, 4) is 16.9 Å². The van der Waals surface area contributed by atoms with Crippen molar-refractivity contribution in [2.45, 2.75) is 18.6 Å². The average Bonchev–Trinajstić information content (AvgIpc) is 2.63. The first kappa shape index (κ1) is 14.0. The molecule has 3 aromatic rings. The van der Waals surface area contributed by atoms with Crippen LogP contribution < -0.4 is 4.74 Å². The molecule has 0 amide bonds. The van der Waals surface area contributed by atoms with E-state index in [-0.39, 0.29) is 6.10 Å². The van der Waals surface area contributed by atoms with Crippen LogP contribution >= 0.6 is 0 Å². The van der Waals surface area contributed by atoms with E-state index in [0.717, 1.165) is 16.9 Å². The molecule has 1 heterocycles. The number of hydrogen-bond donors (Lipinski definition) is 1. The van der Waals surface area contributed by atoms with Crippen LogP contribution in [-0.4, -0.2) is 5.11 Å². The lowest BCUT2D eigenvalue weighted by molar-refractivity contribution is 0.0657. The molecule has 1 aliphatic heterocycles. The molecule has 0 saturated carbocycles. The molecule has 0 spiro atoms. The van der Waals surface area contributed by atoms with Gasteiger partial charge in [0, 0.05) is 12.0 Å². The Morgan fingerprint density at radius 1 is 0.739 bits per heavy atom. The molecule has 4 rings (SSSR count). The third kappa shape index (κ3) is 2.73. The first-order valence-corrected chi connectivity index (χ1v) is 7.90. The van der Waals surface area contributed by atoms with Gasteiger partial charge in [-0.05, 0) is 22.8 Å². The van der Waals surface area contributed by atoms with Crippen LogP contribution in [0, 0.1) is 0 Å². The summed E-state index contributed by atoms with van der Waals surface area (Å²) in [5.41, 5.74) is 4.36. The Morgan fingerprint density at radius 2 is 1.39 bits per heavy atom. The van der Waals surface area contributed by atoms with Crippen molar-refractivity contribution in [2.24, 2.45) is 0 Å². The second kappa shape index (κ2) is 5.90. The fraction of sp³-hybridized carbons (Fsp3) is 0.143. The van der Waals surface area contributed by atoms with Crippen molar-refractivity contribution < 1.29 is 9.84 Å². The van der Waals surface area contributed by atoms with Gasteiger partial charge in [-0.3, -0.25) is 0 Å². The fourth-order valence-corrected chi connectivity index (χ4v) is 3.12. The minimum atomic E-state index is -0.473. The molecule has 0 aromatic heterocycles. The van der Waals surface area contributed by atoms with Gasteiger partial charge in [0.05, 0.1) is 6.10 Å². The van der Waals surface area contributed by atoms with E-state index in [9.17, 15) is 5.11 Å². The van der Waals surface area contributed by atoms with Crippen molar-refractivity contribution in [3.63, 3.8) is 0 Å². The van der Waals surface area contributed by atoms with Crippen LogP contribution in [-0.2, 0) is 0 Å². The molecular formula is C21H18O2. The number of hydrogen-bond acceptors (Lipinski definition) is 2. The van der Waals surface area contributed by atoms with Gasteiger partial charge in [0.15, 0.2) is 0 Å². The van der Waals surface area contributed by atoms with Gasteiger partial charge in [-0.15, -0.1) is 0 Å². The van der Waals surface area contributed by atoms with E-state index in [1.807, 2.05) is 42.5 Å². The second-order valence-corrected chi connectivity index (χ2v) is 5.88. The molecule has 3 aromatic carbocycles. The smallest absolute Gasteiger partial charge is 0.127 e. The summed E-state index contributed by atoms with van der Waals surface area (Å²) in [6.45, 7) is 0. The van der Waals surface area contributed by atoms with Crippen molar-refractivity contribution in [1.82, 2.24) is 0 Å². The van der Waals surface area contributed by atoms with E-state index in [2.05, 4.69) is 36.4 Å². The molecule has 1 N–H and O–H groups in total. The molecule has 1 aliphatic rings. The maximum Gasteiger partial charge on any atom is 0.127 e. The zero-order valence-electron chi connectivity index (χ0n) is 12.7. The normalized spacial score (nSPS) is 19.7. The van der Waals surface area contributed by atoms with Crippen LogP contribution in [0.25, 0.3) is 11.1 Å². The number of aliphatic hydroxyl groups excluding tert-OH is 1. The summed E-state index contributed by atoms with van der Waals surface area (Å²) in [4.78, 5) is 0. The Labute approximate surface area is 136 Å². The molecule has 0 saturated heterocycles. The molecule has 114 valence electrons. The minimum absolute atomic E-state index is 0.107. The molecule has 0 radical (unpaired) electrons. The predicted molar refractivity (Wildman–Crippen MR) is 91.3 cm³/mol. The van der Waals surface area contributed by atoms with Crippen molar-refractivity contribution in [2.75, 3.05) is 0 Å². The number of para-hydroxylation sites is 1. The summed E-state index contributed by atoms with van der Waals surface area (Å²) >= 11 is 0. The number of rotatable bonds is 2. The largest absolute Gasteiger partial charge is 0.485 e. The van der Waals surface area contributed by atoms with Gasteiger partial charge in [-0.2, -0.15) is 0 Å². The standard InChI is InChI=1S/C21H18O2/c22-19-14-21(23-20-9-5-4-8-18(19)20)17-12-10-16(11-13-17)15-6-2-1-3-7-15/h1-13,19,21-22H,14H2. The van der Waals surface area contributed by atoms with E-state index in [4.69, 9.17) is 4.74 Å². The summed E-state index contributed by atoms with van der Waals surface area (Å²) < 4.78 is 6.07. The third-order valence-electron chi connectivity index (χ3n) is 4.37. The lowest BCUT2D eigenvalue weighted by Crippen LogP contribution is -2.18. The minimum Gasteiger partial charge on any atom is -0.485 e. The molecule has 2 nitrogen and oxygen atoms in total. The number of aliphatic hydroxyl groups is 1. The highest BCUT2D eigenvalue weighted by Crippen LogP contribution is 2.40. The van der Waals surface area contributed by atoms with E-state index in [0.29, 0.717) is 6.42 Å². The summed E-state index contributed by atoms with van der Waals surface area (Å²) in [5, 5.41) is 10.3. The van der Waals surface area contributed by atoms with E-state index < -0.39 is 6.10 Å². The lowest BCUT2D eigenvalue weighted by Gasteiger charge is -2.30. The Balaban J connectivity index is 1.60. The van der Waals surface area contributed by atoms with E-state index in [1.54, 1.807) is 0 Å². The number of fused-ring (bicyclic) bond motifs is 1. The zero-order valence-corrected chi connectivity index (χ0v) is 12.7. The summed E-state index contributed by atoms with van der Waals surface area (Å²) in [5.74, 6) is 0.781. The van der Waals surface area contributed by atoms with Crippen molar-refractivity contribution in [1.29, 1.82) is 0 Å². The Morgan fingerprint density at radius 3 is 2.17 bits per heavy atom. The fourth-order valence-electron chi connectivity index (χ4n) is 3.12. The van der Waals surface area contributed by atoms with Crippen molar-refractivity contribution in [3.05, 3.63) is 90.0 Å². The van der Waals surface area contributed by atoms with Gasteiger partial charge < -0.3 is 9.84 Å². The topological polar surface area (TPSA) is 29.5 Å². The summed E-state index contributed by atoms with van der Waals surface area (Å²) in [6, 6.07) is 26.4. The molecule has 2 unspecified atom stereocenters. The van der Waals surface area contributed by atoms with Crippen LogP contribution in [0.15, 0.2) is 78.9 Å². The SMILES string of the molecule is OC1CC(c2ccc(-c3ccccc3)cc2)Oc2ccccc21. The summed E-state index contributed by atoms with van der Waals surface area (Å²) in [6.07, 6.45) is 0.00490. The van der Waals surface area contributed by atoms with E-state index >= 15 is 0 Å². The zero-order chi connectivity index (χ0) is 15.6. The van der Waals surface area contributed by atoms with Gasteiger partial charge in [0.2, 0.25) is 0 Å². The Bertz CT molecular complexity index is 794. The van der Waals surface area contributed by atoms with Crippen LogP contribution in [0.5, 0.6) is 5.75 Å². The monoisotopic (exact) mass is 302 g/mol. The molecule has 23 heavy (non-hydrogen) atoms.